The molecule has 1 amide bonds. The van der Waals surface area contributed by atoms with Gasteiger partial charge in [0.2, 0.25) is 10.0 Å². The van der Waals surface area contributed by atoms with Crippen molar-refractivity contribution >= 4 is 15.9 Å². The highest BCUT2D eigenvalue weighted by Gasteiger charge is 2.16. The van der Waals surface area contributed by atoms with Crippen molar-refractivity contribution in [2.75, 3.05) is 0 Å². The zero-order valence-electron chi connectivity index (χ0n) is 13.0. The van der Waals surface area contributed by atoms with Gasteiger partial charge in [-0.1, -0.05) is 11.2 Å². The molecule has 0 atom stereocenters. The van der Waals surface area contributed by atoms with Gasteiger partial charge >= 0.3 is 0 Å². The zero-order valence-corrected chi connectivity index (χ0v) is 13.8. The lowest BCUT2D eigenvalue weighted by atomic mass is 10.2. The standard InChI is InChI=1S/C15H15N5O4S/c21-15(18-9-12-4-7-24-20-12)11-2-1-3-13(8-11)25(22,23)19-10-14-16-5-6-17-14/h1-8,19H,9-10H2,(H,16,17)(H,18,21). The Morgan fingerprint density at radius 1 is 1.24 bits per heavy atom. The third-order valence-electron chi connectivity index (χ3n) is 3.31. The van der Waals surface area contributed by atoms with Crippen LogP contribution in [0.15, 0.2) is 58.4 Å². The third-order valence-corrected chi connectivity index (χ3v) is 4.71. The van der Waals surface area contributed by atoms with Gasteiger partial charge < -0.3 is 14.8 Å². The molecule has 0 saturated heterocycles. The highest BCUT2D eigenvalue weighted by atomic mass is 32.2. The first-order valence-electron chi connectivity index (χ1n) is 7.30. The quantitative estimate of drug-likeness (QED) is 0.571. The maximum absolute atomic E-state index is 12.3. The molecule has 0 bridgehead atoms. The van der Waals surface area contributed by atoms with Crippen molar-refractivity contribution in [3.05, 3.63) is 66.1 Å². The number of aromatic amines is 1. The van der Waals surface area contributed by atoms with Crippen molar-refractivity contribution in [3.63, 3.8) is 0 Å². The normalized spacial score (nSPS) is 11.4. The Balaban J connectivity index is 1.68. The summed E-state index contributed by atoms with van der Waals surface area (Å²) in [5.41, 5.74) is 0.793. The first-order valence-corrected chi connectivity index (χ1v) is 8.78. The maximum Gasteiger partial charge on any atom is 0.251 e. The van der Waals surface area contributed by atoms with Gasteiger partial charge in [-0.2, -0.15) is 0 Å². The SMILES string of the molecule is O=C(NCc1ccon1)c1cccc(S(=O)(=O)NCc2ncc[nH]2)c1. The van der Waals surface area contributed by atoms with Crippen LogP contribution >= 0.6 is 0 Å². The Hall–Kier alpha value is -2.98. The summed E-state index contributed by atoms with van der Waals surface area (Å²) in [4.78, 5) is 18.9. The molecular formula is C15H15N5O4S. The number of rotatable bonds is 7. The number of sulfonamides is 1. The Morgan fingerprint density at radius 2 is 2.12 bits per heavy atom. The van der Waals surface area contributed by atoms with Crippen molar-refractivity contribution in [1.29, 1.82) is 0 Å². The van der Waals surface area contributed by atoms with Crippen molar-refractivity contribution in [2.45, 2.75) is 18.0 Å². The van der Waals surface area contributed by atoms with Gasteiger partial charge in [-0.15, -0.1) is 0 Å². The number of H-pyrrole nitrogens is 1. The molecule has 0 fully saturated rings. The monoisotopic (exact) mass is 361 g/mol. The largest absolute Gasteiger partial charge is 0.364 e. The second-order valence-corrected chi connectivity index (χ2v) is 6.83. The van der Waals surface area contributed by atoms with Crippen LogP contribution in [0.2, 0.25) is 0 Å². The van der Waals surface area contributed by atoms with Crippen LogP contribution in [0.4, 0.5) is 0 Å². The third kappa shape index (κ3) is 4.31. The van der Waals surface area contributed by atoms with E-state index in [1.54, 1.807) is 12.3 Å². The summed E-state index contributed by atoms with van der Waals surface area (Å²) in [5, 5.41) is 6.33. The van der Waals surface area contributed by atoms with Gasteiger partial charge in [-0.25, -0.2) is 18.1 Å². The van der Waals surface area contributed by atoms with E-state index in [-0.39, 0.29) is 23.5 Å². The molecule has 130 valence electrons. The molecule has 3 N–H and O–H groups in total. The summed E-state index contributed by atoms with van der Waals surface area (Å²) < 4.78 is 31.8. The van der Waals surface area contributed by atoms with Crippen LogP contribution in [0.25, 0.3) is 0 Å². The molecule has 0 aliphatic heterocycles. The summed E-state index contributed by atoms with van der Waals surface area (Å²) in [6.07, 6.45) is 4.53. The van der Waals surface area contributed by atoms with Crippen molar-refractivity contribution < 1.29 is 17.7 Å². The predicted octanol–water partition coefficient (Wildman–Crippen LogP) is 0.806. The van der Waals surface area contributed by atoms with E-state index in [9.17, 15) is 13.2 Å². The van der Waals surface area contributed by atoms with Crippen LogP contribution in [0.5, 0.6) is 0 Å². The first kappa shape index (κ1) is 16.9. The minimum absolute atomic E-state index is 0.00635. The Labute approximate surface area is 143 Å². The van der Waals surface area contributed by atoms with E-state index in [2.05, 4.69) is 29.7 Å². The molecule has 0 unspecified atom stereocenters. The summed E-state index contributed by atoms with van der Waals surface area (Å²) in [5.74, 6) is 0.0798. The summed E-state index contributed by atoms with van der Waals surface area (Å²) >= 11 is 0. The van der Waals surface area contributed by atoms with Crippen LogP contribution in [-0.4, -0.2) is 29.4 Å². The summed E-state index contributed by atoms with van der Waals surface area (Å²) in [6.45, 7) is 0.209. The molecule has 1 aromatic carbocycles. The number of carbonyl (C=O) groups is 1. The van der Waals surface area contributed by atoms with Crippen molar-refractivity contribution in [1.82, 2.24) is 25.2 Å². The fourth-order valence-corrected chi connectivity index (χ4v) is 3.08. The number of nitrogens with one attached hydrogen (secondary N) is 3. The smallest absolute Gasteiger partial charge is 0.251 e. The minimum atomic E-state index is -3.77. The van der Waals surface area contributed by atoms with E-state index in [1.165, 1.54) is 36.7 Å². The maximum atomic E-state index is 12.3. The van der Waals surface area contributed by atoms with Crippen molar-refractivity contribution in [3.8, 4) is 0 Å². The van der Waals surface area contributed by atoms with Gasteiger partial charge in [0, 0.05) is 24.0 Å². The second-order valence-electron chi connectivity index (χ2n) is 5.06. The molecule has 3 aromatic rings. The predicted molar refractivity (Wildman–Crippen MR) is 86.7 cm³/mol. The molecule has 0 aliphatic rings. The number of aromatic nitrogens is 3. The molecule has 0 aliphatic carbocycles. The number of hydrogen-bond acceptors (Lipinski definition) is 6. The van der Waals surface area contributed by atoms with Crippen molar-refractivity contribution in [2.24, 2.45) is 0 Å². The summed E-state index contributed by atoms with van der Waals surface area (Å²) in [6, 6.07) is 7.39. The Kier molecular flexibility index (Phi) is 4.91. The number of nitrogens with zero attached hydrogens (tertiary/aromatic N) is 2. The second kappa shape index (κ2) is 7.28. The van der Waals surface area contributed by atoms with E-state index >= 15 is 0 Å². The number of hydrogen-bond donors (Lipinski definition) is 3. The van der Waals surface area contributed by atoms with E-state index < -0.39 is 15.9 Å². The van der Waals surface area contributed by atoms with Gasteiger partial charge in [0.25, 0.3) is 5.91 Å². The topological polar surface area (TPSA) is 130 Å². The van der Waals surface area contributed by atoms with Crippen LogP contribution in [0.3, 0.4) is 0 Å². The average Bonchev–Trinajstić information content (AvgIpc) is 3.31. The van der Waals surface area contributed by atoms with Crippen LogP contribution in [0, 0.1) is 0 Å². The molecule has 9 nitrogen and oxygen atoms in total. The summed E-state index contributed by atoms with van der Waals surface area (Å²) in [7, 11) is -3.77. The lowest BCUT2D eigenvalue weighted by Gasteiger charge is -2.08. The fourth-order valence-electron chi connectivity index (χ4n) is 2.05. The molecule has 2 heterocycles. The molecule has 3 rings (SSSR count). The lowest BCUT2D eigenvalue weighted by Crippen LogP contribution is -2.25. The van der Waals surface area contributed by atoms with Gasteiger partial charge in [0.1, 0.15) is 17.8 Å². The van der Waals surface area contributed by atoms with Crippen LogP contribution in [-0.2, 0) is 23.1 Å². The molecule has 0 spiro atoms. The van der Waals surface area contributed by atoms with E-state index in [0.29, 0.717) is 11.5 Å². The number of carbonyl (C=O) groups excluding carboxylic acids is 1. The number of benzene rings is 1. The molecular weight excluding hydrogens is 346 g/mol. The molecule has 25 heavy (non-hydrogen) atoms. The van der Waals surface area contributed by atoms with Gasteiger partial charge in [0.15, 0.2) is 0 Å². The molecule has 0 radical (unpaired) electrons. The number of amides is 1. The van der Waals surface area contributed by atoms with E-state index in [4.69, 9.17) is 0 Å². The lowest BCUT2D eigenvalue weighted by molar-refractivity contribution is 0.0950. The zero-order chi connectivity index (χ0) is 17.7. The number of imidazole rings is 1. The van der Waals surface area contributed by atoms with Gasteiger partial charge in [-0.3, -0.25) is 4.79 Å². The van der Waals surface area contributed by atoms with Crippen LogP contribution < -0.4 is 10.0 Å². The van der Waals surface area contributed by atoms with Gasteiger partial charge in [0.05, 0.1) is 18.0 Å². The Bertz CT molecular complexity index is 936. The first-order chi connectivity index (χ1) is 12.0. The van der Waals surface area contributed by atoms with E-state index in [0.717, 1.165) is 0 Å². The highest BCUT2D eigenvalue weighted by Crippen LogP contribution is 2.12. The molecule has 0 saturated carbocycles. The van der Waals surface area contributed by atoms with E-state index in [1.807, 2.05) is 0 Å². The van der Waals surface area contributed by atoms with Crippen LogP contribution in [0.1, 0.15) is 21.9 Å². The Morgan fingerprint density at radius 3 is 2.84 bits per heavy atom. The average molecular weight is 361 g/mol. The van der Waals surface area contributed by atoms with Gasteiger partial charge in [-0.05, 0) is 18.2 Å². The molecule has 2 aromatic heterocycles. The minimum Gasteiger partial charge on any atom is -0.364 e. The highest BCUT2D eigenvalue weighted by molar-refractivity contribution is 7.89. The fraction of sp³-hybridized carbons (Fsp3) is 0.133. The molecule has 10 heteroatoms.